The summed E-state index contributed by atoms with van der Waals surface area (Å²) in [5.74, 6) is 1.46. The van der Waals surface area contributed by atoms with Crippen LogP contribution >= 0.6 is 0 Å². The maximum atomic E-state index is 5.79. The summed E-state index contributed by atoms with van der Waals surface area (Å²) in [6.07, 6.45) is 3.46. The second-order valence-corrected chi connectivity index (χ2v) is 3.64. The van der Waals surface area contributed by atoms with E-state index in [0.29, 0.717) is 11.9 Å². The Balaban J connectivity index is 2.95. The summed E-state index contributed by atoms with van der Waals surface area (Å²) in [4.78, 5) is 8.19. The molecule has 14 heavy (non-hydrogen) atoms. The fourth-order valence-electron chi connectivity index (χ4n) is 1.32. The molecule has 78 valence electrons. The summed E-state index contributed by atoms with van der Waals surface area (Å²) in [6.45, 7) is 6.27. The minimum absolute atomic E-state index is 0.361. The number of hydrogen-bond donors (Lipinski definition) is 2. The molecule has 0 fully saturated rings. The van der Waals surface area contributed by atoms with Gasteiger partial charge < -0.3 is 11.1 Å². The van der Waals surface area contributed by atoms with Crippen LogP contribution in [0.15, 0.2) is 6.33 Å². The van der Waals surface area contributed by atoms with Gasteiger partial charge in [0.1, 0.15) is 18.0 Å². The van der Waals surface area contributed by atoms with Gasteiger partial charge in [-0.2, -0.15) is 0 Å². The molecule has 0 saturated heterocycles. The van der Waals surface area contributed by atoms with Crippen LogP contribution in [0, 0.1) is 0 Å². The topological polar surface area (TPSA) is 63.8 Å². The first kappa shape index (κ1) is 10.8. The van der Waals surface area contributed by atoms with E-state index < -0.39 is 0 Å². The Bertz CT molecular complexity index is 296. The standard InChI is InChI=1S/C10H18N4/c1-4-5-8-9(11)12-6-13-10(8)14-7(2)3/h6-7H,4-5H2,1-3H3,(H3,11,12,13,14). The first-order valence-electron chi connectivity index (χ1n) is 5.01. The first-order valence-corrected chi connectivity index (χ1v) is 5.01. The lowest BCUT2D eigenvalue weighted by Crippen LogP contribution is -2.14. The molecular weight excluding hydrogens is 176 g/mol. The van der Waals surface area contributed by atoms with Gasteiger partial charge in [0.25, 0.3) is 0 Å². The lowest BCUT2D eigenvalue weighted by Gasteiger charge is -2.13. The number of anilines is 2. The van der Waals surface area contributed by atoms with Crippen molar-refractivity contribution in [3.63, 3.8) is 0 Å². The molecule has 0 aliphatic rings. The Morgan fingerprint density at radius 1 is 1.43 bits per heavy atom. The second kappa shape index (κ2) is 4.79. The van der Waals surface area contributed by atoms with Gasteiger partial charge in [-0.25, -0.2) is 9.97 Å². The van der Waals surface area contributed by atoms with Crippen LogP contribution in [0.5, 0.6) is 0 Å². The summed E-state index contributed by atoms with van der Waals surface area (Å²) in [6, 6.07) is 0.361. The quantitative estimate of drug-likeness (QED) is 0.767. The molecule has 1 aromatic heterocycles. The minimum atomic E-state index is 0.361. The van der Waals surface area contributed by atoms with Gasteiger partial charge in [0.05, 0.1) is 0 Å². The number of aromatic nitrogens is 2. The summed E-state index contributed by atoms with van der Waals surface area (Å²) < 4.78 is 0. The van der Waals surface area contributed by atoms with E-state index in [1.165, 1.54) is 6.33 Å². The lowest BCUT2D eigenvalue weighted by molar-refractivity contribution is 0.858. The molecule has 4 nitrogen and oxygen atoms in total. The van der Waals surface area contributed by atoms with E-state index in [-0.39, 0.29) is 0 Å². The van der Waals surface area contributed by atoms with Gasteiger partial charge >= 0.3 is 0 Å². The van der Waals surface area contributed by atoms with Crippen molar-refractivity contribution in [2.24, 2.45) is 0 Å². The number of rotatable bonds is 4. The average Bonchev–Trinajstić information content (AvgIpc) is 2.10. The van der Waals surface area contributed by atoms with Gasteiger partial charge in [-0.15, -0.1) is 0 Å². The fraction of sp³-hybridized carbons (Fsp3) is 0.600. The van der Waals surface area contributed by atoms with E-state index in [9.17, 15) is 0 Å². The highest BCUT2D eigenvalue weighted by molar-refractivity contribution is 5.55. The zero-order valence-corrected chi connectivity index (χ0v) is 9.04. The average molecular weight is 194 g/mol. The molecule has 0 amide bonds. The Labute approximate surface area is 85.0 Å². The van der Waals surface area contributed by atoms with E-state index in [1.54, 1.807) is 0 Å². The van der Waals surface area contributed by atoms with Crippen molar-refractivity contribution >= 4 is 11.6 Å². The van der Waals surface area contributed by atoms with Crippen LogP contribution in [0.3, 0.4) is 0 Å². The predicted molar refractivity (Wildman–Crippen MR) is 59.2 cm³/mol. The van der Waals surface area contributed by atoms with Crippen molar-refractivity contribution in [1.29, 1.82) is 0 Å². The minimum Gasteiger partial charge on any atom is -0.383 e. The molecule has 0 saturated carbocycles. The molecule has 0 radical (unpaired) electrons. The largest absolute Gasteiger partial charge is 0.383 e. The molecule has 1 rings (SSSR count). The number of nitrogens with two attached hydrogens (primary N) is 1. The van der Waals surface area contributed by atoms with Crippen molar-refractivity contribution in [1.82, 2.24) is 9.97 Å². The Hall–Kier alpha value is -1.32. The molecule has 1 heterocycles. The van der Waals surface area contributed by atoms with Crippen molar-refractivity contribution in [3.8, 4) is 0 Å². The smallest absolute Gasteiger partial charge is 0.134 e. The van der Waals surface area contributed by atoms with Gasteiger partial charge in [-0.3, -0.25) is 0 Å². The van der Waals surface area contributed by atoms with Crippen molar-refractivity contribution < 1.29 is 0 Å². The van der Waals surface area contributed by atoms with E-state index in [1.807, 2.05) is 0 Å². The molecule has 3 N–H and O–H groups in total. The van der Waals surface area contributed by atoms with Crippen molar-refractivity contribution in [2.45, 2.75) is 39.7 Å². The van der Waals surface area contributed by atoms with Crippen LogP contribution in [0.1, 0.15) is 32.8 Å². The van der Waals surface area contributed by atoms with Crippen molar-refractivity contribution in [2.75, 3.05) is 11.1 Å². The Morgan fingerprint density at radius 3 is 2.71 bits per heavy atom. The van der Waals surface area contributed by atoms with E-state index >= 15 is 0 Å². The molecule has 0 aromatic carbocycles. The summed E-state index contributed by atoms with van der Waals surface area (Å²) in [5.41, 5.74) is 6.82. The maximum Gasteiger partial charge on any atom is 0.134 e. The number of nitrogens with one attached hydrogen (secondary N) is 1. The highest BCUT2D eigenvalue weighted by atomic mass is 15.0. The zero-order chi connectivity index (χ0) is 10.6. The summed E-state index contributed by atoms with van der Waals surface area (Å²) >= 11 is 0. The highest BCUT2D eigenvalue weighted by Gasteiger charge is 2.08. The molecule has 1 aromatic rings. The fourth-order valence-corrected chi connectivity index (χ4v) is 1.32. The molecule has 0 spiro atoms. The summed E-state index contributed by atoms with van der Waals surface area (Å²) in [7, 11) is 0. The molecule has 0 unspecified atom stereocenters. The molecular formula is C10H18N4. The normalized spacial score (nSPS) is 10.6. The zero-order valence-electron chi connectivity index (χ0n) is 9.04. The number of nitrogen functional groups attached to an aromatic ring is 1. The van der Waals surface area contributed by atoms with Gasteiger partial charge in [-0.1, -0.05) is 13.3 Å². The van der Waals surface area contributed by atoms with Crippen molar-refractivity contribution in [3.05, 3.63) is 11.9 Å². The van der Waals surface area contributed by atoms with Crippen LogP contribution < -0.4 is 11.1 Å². The van der Waals surface area contributed by atoms with Crippen LogP contribution in [-0.2, 0) is 6.42 Å². The maximum absolute atomic E-state index is 5.79. The molecule has 4 heteroatoms. The molecule has 0 atom stereocenters. The van der Waals surface area contributed by atoms with Crippen LogP contribution in [-0.4, -0.2) is 16.0 Å². The lowest BCUT2D eigenvalue weighted by atomic mass is 10.1. The van der Waals surface area contributed by atoms with E-state index in [4.69, 9.17) is 5.73 Å². The molecule has 0 aliphatic carbocycles. The third-order valence-electron chi connectivity index (χ3n) is 1.90. The van der Waals surface area contributed by atoms with E-state index in [2.05, 4.69) is 36.1 Å². The van der Waals surface area contributed by atoms with Gasteiger partial charge in [0.2, 0.25) is 0 Å². The first-order chi connectivity index (χ1) is 6.65. The molecule has 0 bridgehead atoms. The Kier molecular flexibility index (Phi) is 3.68. The van der Waals surface area contributed by atoms with Crippen LogP contribution in [0.25, 0.3) is 0 Å². The van der Waals surface area contributed by atoms with Crippen LogP contribution in [0.4, 0.5) is 11.6 Å². The van der Waals surface area contributed by atoms with E-state index in [0.717, 1.165) is 24.2 Å². The third-order valence-corrected chi connectivity index (χ3v) is 1.90. The van der Waals surface area contributed by atoms with Gasteiger partial charge in [-0.05, 0) is 20.3 Å². The number of hydrogen-bond acceptors (Lipinski definition) is 4. The Morgan fingerprint density at radius 2 is 2.14 bits per heavy atom. The third kappa shape index (κ3) is 2.58. The monoisotopic (exact) mass is 194 g/mol. The second-order valence-electron chi connectivity index (χ2n) is 3.64. The molecule has 0 aliphatic heterocycles. The summed E-state index contributed by atoms with van der Waals surface area (Å²) in [5, 5.41) is 3.27. The SMILES string of the molecule is CCCc1c(N)ncnc1NC(C)C. The van der Waals surface area contributed by atoms with Crippen LogP contribution in [0.2, 0.25) is 0 Å². The van der Waals surface area contributed by atoms with Gasteiger partial charge in [0, 0.05) is 11.6 Å². The highest BCUT2D eigenvalue weighted by Crippen LogP contribution is 2.19. The number of nitrogens with zero attached hydrogens (tertiary/aromatic N) is 2. The predicted octanol–water partition coefficient (Wildman–Crippen LogP) is 1.83. The van der Waals surface area contributed by atoms with Gasteiger partial charge in [0.15, 0.2) is 0 Å².